The fraction of sp³-hybridized carbons (Fsp3) is 0.333. The number of fused-ring (bicyclic) bond motifs is 1. The van der Waals surface area contributed by atoms with E-state index in [9.17, 15) is 4.79 Å². The molecule has 0 radical (unpaired) electrons. The van der Waals surface area contributed by atoms with Crippen LogP contribution >= 0.6 is 0 Å². The Morgan fingerprint density at radius 2 is 2.11 bits per heavy atom. The number of aryl methyl sites for hydroxylation is 1. The maximum atomic E-state index is 12.2. The lowest BCUT2D eigenvalue weighted by molar-refractivity contribution is 0.0945. The number of hydrogen-bond donors (Lipinski definition) is 2. The van der Waals surface area contributed by atoms with E-state index in [4.69, 9.17) is 5.73 Å². The second kappa shape index (κ2) is 5.26. The van der Waals surface area contributed by atoms with Gasteiger partial charge in [0.25, 0.3) is 5.91 Å². The third kappa shape index (κ3) is 2.84. The van der Waals surface area contributed by atoms with Gasteiger partial charge in [0.2, 0.25) is 0 Å². The first-order chi connectivity index (χ1) is 8.99. The van der Waals surface area contributed by atoms with Crippen molar-refractivity contribution < 1.29 is 4.79 Å². The molecule has 2 aromatic rings. The van der Waals surface area contributed by atoms with Crippen molar-refractivity contribution in [2.75, 3.05) is 12.3 Å². The van der Waals surface area contributed by atoms with Crippen molar-refractivity contribution in [2.45, 2.75) is 20.8 Å². The molecule has 0 fully saturated rings. The van der Waals surface area contributed by atoms with E-state index in [2.05, 4.69) is 24.1 Å². The van der Waals surface area contributed by atoms with Gasteiger partial charge in [0, 0.05) is 28.7 Å². The van der Waals surface area contributed by atoms with Gasteiger partial charge in [0.15, 0.2) is 0 Å². The number of amides is 1. The van der Waals surface area contributed by atoms with Gasteiger partial charge in [-0.1, -0.05) is 26.0 Å². The van der Waals surface area contributed by atoms with Crippen LogP contribution in [0.5, 0.6) is 0 Å². The molecule has 1 amide bonds. The van der Waals surface area contributed by atoms with Crippen molar-refractivity contribution >= 4 is 22.4 Å². The average Bonchev–Trinajstić information content (AvgIpc) is 2.36. The van der Waals surface area contributed by atoms with E-state index < -0.39 is 0 Å². The van der Waals surface area contributed by atoms with Crippen LogP contribution in [-0.4, -0.2) is 17.4 Å². The molecule has 100 valence electrons. The number of rotatable bonds is 3. The van der Waals surface area contributed by atoms with E-state index in [0.717, 1.165) is 16.5 Å². The molecule has 19 heavy (non-hydrogen) atoms. The van der Waals surface area contributed by atoms with Gasteiger partial charge in [0.05, 0.1) is 0 Å². The molecule has 4 heteroatoms. The summed E-state index contributed by atoms with van der Waals surface area (Å²) in [5.74, 6) is 0.262. The minimum atomic E-state index is -0.145. The lowest BCUT2D eigenvalue weighted by Crippen LogP contribution is -2.28. The molecule has 0 aliphatic heterocycles. The maximum Gasteiger partial charge on any atom is 0.270 e. The van der Waals surface area contributed by atoms with Crippen LogP contribution in [0.3, 0.4) is 0 Å². The molecular formula is C15H19N3O. The van der Waals surface area contributed by atoms with Crippen LogP contribution in [0.25, 0.3) is 10.8 Å². The number of nitrogens with one attached hydrogen (secondary N) is 1. The Hall–Kier alpha value is -2.10. The van der Waals surface area contributed by atoms with Gasteiger partial charge >= 0.3 is 0 Å². The van der Waals surface area contributed by atoms with E-state index in [1.54, 1.807) is 0 Å². The summed E-state index contributed by atoms with van der Waals surface area (Å²) in [6, 6.07) is 7.46. The number of anilines is 1. The third-order valence-electron chi connectivity index (χ3n) is 2.92. The molecule has 0 bridgehead atoms. The van der Waals surface area contributed by atoms with Crippen LogP contribution in [0.4, 0.5) is 5.69 Å². The number of nitrogens with two attached hydrogens (primary N) is 1. The van der Waals surface area contributed by atoms with Crippen molar-refractivity contribution in [1.29, 1.82) is 0 Å². The highest BCUT2D eigenvalue weighted by Gasteiger charge is 2.13. The molecular weight excluding hydrogens is 238 g/mol. The van der Waals surface area contributed by atoms with E-state index in [-0.39, 0.29) is 5.91 Å². The molecule has 0 saturated heterocycles. The fourth-order valence-corrected chi connectivity index (χ4v) is 1.98. The molecule has 0 spiro atoms. The summed E-state index contributed by atoms with van der Waals surface area (Å²) in [7, 11) is 0. The SMILES string of the molecule is Cc1cc2c(N)cccc2c(C(=O)NCC(C)C)n1. The van der Waals surface area contributed by atoms with Gasteiger partial charge in [-0.2, -0.15) is 0 Å². The first-order valence-electron chi connectivity index (χ1n) is 6.43. The quantitative estimate of drug-likeness (QED) is 0.830. The highest BCUT2D eigenvalue weighted by atomic mass is 16.1. The zero-order valence-electron chi connectivity index (χ0n) is 11.5. The lowest BCUT2D eigenvalue weighted by atomic mass is 10.1. The Morgan fingerprint density at radius 1 is 1.37 bits per heavy atom. The monoisotopic (exact) mass is 257 g/mol. The Balaban J connectivity index is 2.48. The summed E-state index contributed by atoms with van der Waals surface area (Å²) < 4.78 is 0. The Morgan fingerprint density at radius 3 is 2.79 bits per heavy atom. The number of carbonyl (C=O) groups excluding carboxylic acids is 1. The lowest BCUT2D eigenvalue weighted by Gasteiger charge is -2.11. The van der Waals surface area contributed by atoms with Crippen molar-refractivity contribution in [2.24, 2.45) is 5.92 Å². The van der Waals surface area contributed by atoms with Crippen molar-refractivity contribution in [3.63, 3.8) is 0 Å². The number of benzene rings is 1. The second-order valence-corrected chi connectivity index (χ2v) is 5.16. The number of pyridine rings is 1. The molecule has 2 rings (SSSR count). The predicted octanol–water partition coefficient (Wildman–Crippen LogP) is 2.51. The zero-order valence-corrected chi connectivity index (χ0v) is 11.5. The smallest absolute Gasteiger partial charge is 0.270 e. The highest BCUT2D eigenvalue weighted by Crippen LogP contribution is 2.24. The normalized spacial score (nSPS) is 10.9. The molecule has 3 N–H and O–H groups in total. The second-order valence-electron chi connectivity index (χ2n) is 5.16. The van der Waals surface area contributed by atoms with Gasteiger partial charge < -0.3 is 11.1 Å². The number of carbonyl (C=O) groups is 1. The standard InChI is InChI=1S/C15H19N3O/c1-9(2)8-17-15(19)14-11-5-4-6-13(16)12(11)7-10(3)18-14/h4-7,9H,8,16H2,1-3H3,(H,17,19). The molecule has 1 aromatic carbocycles. The minimum Gasteiger partial charge on any atom is -0.398 e. The molecule has 1 aromatic heterocycles. The Kier molecular flexibility index (Phi) is 3.69. The van der Waals surface area contributed by atoms with Crippen LogP contribution in [0.2, 0.25) is 0 Å². The van der Waals surface area contributed by atoms with Crippen molar-refractivity contribution in [1.82, 2.24) is 10.3 Å². The highest BCUT2D eigenvalue weighted by molar-refractivity contribution is 6.08. The van der Waals surface area contributed by atoms with Gasteiger partial charge in [-0.3, -0.25) is 4.79 Å². The maximum absolute atomic E-state index is 12.2. The first-order valence-corrected chi connectivity index (χ1v) is 6.43. The van der Waals surface area contributed by atoms with Crippen molar-refractivity contribution in [3.8, 4) is 0 Å². The number of nitrogens with zero attached hydrogens (tertiary/aromatic N) is 1. The van der Waals surface area contributed by atoms with E-state index >= 15 is 0 Å². The zero-order chi connectivity index (χ0) is 14.0. The average molecular weight is 257 g/mol. The van der Waals surface area contributed by atoms with Crippen LogP contribution in [-0.2, 0) is 0 Å². The minimum absolute atomic E-state index is 0.145. The molecule has 0 aliphatic rings. The Labute approximate surface area is 113 Å². The molecule has 0 saturated carbocycles. The number of hydrogen-bond acceptors (Lipinski definition) is 3. The number of nitrogen functional groups attached to an aromatic ring is 1. The molecule has 0 aliphatic carbocycles. The summed E-state index contributed by atoms with van der Waals surface area (Å²) in [5, 5.41) is 4.57. The van der Waals surface area contributed by atoms with Gasteiger partial charge in [-0.05, 0) is 25.0 Å². The van der Waals surface area contributed by atoms with E-state index in [1.807, 2.05) is 31.2 Å². The van der Waals surface area contributed by atoms with Crippen molar-refractivity contribution in [3.05, 3.63) is 35.7 Å². The summed E-state index contributed by atoms with van der Waals surface area (Å²) in [4.78, 5) is 16.6. The van der Waals surface area contributed by atoms with E-state index in [1.165, 1.54) is 0 Å². The topological polar surface area (TPSA) is 68.0 Å². The third-order valence-corrected chi connectivity index (χ3v) is 2.92. The largest absolute Gasteiger partial charge is 0.398 e. The predicted molar refractivity (Wildman–Crippen MR) is 78.1 cm³/mol. The van der Waals surface area contributed by atoms with Crippen LogP contribution < -0.4 is 11.1 Å². The summed E-state index contributed by atoms with van der Waals surface area (Å²) in [5.41, 5.74) is 7.86. The molecule has 0 unspecified atom stereocenters. The van der Waals surface area contributed by atoms with Gasteiger partial charge in [-0.15, -0.1) is 0 Å². The summed E-state index contributed by atoms with van der Waals surface area (Å²) >= 11 is 0. The molecule has 0 atom stereocenters. The van der Waals surface area contributed by atoms with Gasteiger partial charge in [-0.25, -0.2) is 4.98 Å². The fourth-order valence-electron chi connectivity index (χ4n) is 1.98. The molecule has 1 heterocycles. The summed E-state index contributed by atoms with van der Waals surface area (Å²) in [6.07, 6.45) is 0. The number of aromatic nitrogens is 1. The van der Waals surface area contributed by atoms with Gasteiger partial charge in [0.1, 0.15) is 5.69 Å². The van der Waals surface area contributed by atoms with E-state index in [0.29, 0.717) is 23.8 Å². The van der Waals surface area contributed by atoms with Crippen LogP contribution in [0.1, 0.15) is 30.0 Å². The van der Waals surface area contributed by atoms with Crippen LogP contribution in [0, 0.1) is 12.8 Å². The summed E-state index contributed by atoms with van der Waals surface area (Å²) in [6.45, 7) is 6.61. The first kappa shape index (κ1) is 13.3. The Bertz CT molecular complexity index is 620. The molecule has 4 nitrogen and oxygen atoms in total. The van der Waals surface area contributed by atoms with Crippen LogP contribution in [0.15, 0.2) is 24.3 Å².